The van der Waals surface area contributed by atoms with Gasteiger partial charge in [0.2, 0.25) is 5.91 Å². The molecule has 3 aromatic rings. The molecule has 0 atom stereocenters. The Morgan fingerprint density at radius 3 is 2.79 bits per heavy atom. The van der Waals surface area contributed by atoms with Crippen LogP contribution in [0.2, 0.25) is 0 Å². The lowest BCUT2D eigenvalue weighted by molar-refractivity contribution is -0.116. The van der Waals surface area contributed by atoms with E-state index in [2.05, 4.69) is 4.98 Å². The summed E-state index contributed by atoms with van der Waals surface area (Å²) in [5, 5.41) is 9.59. The zero-order valence-corrected chi connectivity index (χ0v) is 17.1. The van der Waals surface area contributed by atoms with Gasteiger partial charge in [0, 0.05) is 18.9 Å². The van der Waals surface area contributed by atoms with Crippen molar-refractivity contribution in [2.45, 2.75) is 25.4 Å². The summed E-state index contributed by atoms with van der Waals surface area (Å²) in [5.41, 5.74) is 3.50. The number of halogens is 1. The Bertz CT molecular complexity index is 1060. The molecule has 1 amide bonds. The molecule has 0 aliphatic carbocycles. The van der Waals surface area contributed by atoms with Crippen molar-refractivity contribution >= 4 is 23.4 Å². The van der Waals surface area contributed by atoms with Gasteiger partial charge in [-0.15, -0.1) is 0 Å². The summed E-state index contributed by atoms with van der Waals surface area (Å²) < 4.78 is 16.2. The molecule has 1 aromatic heterocycles. The fraction of sp³-hybridized carbons (Fsp3) is 0.227. The van der Waals surface area contributed by atoms with E-state index in [1.807, 2.05) is 48.9 Å². The second kappa shape index (κ2) is 9.39. The van der Waals surface area contributed by atoms with Gasteiger partial charge in [0.05, 0.1) is 29.6 Å². The maximum atomic E-state index is 14.2. The molecule has 0 N–H and O–H groups in total. The first-order chi connectivity index (χ1) is 14.0. The summed E-state index contributed by atoms with van der Waals surface area (Å²) in [7, 11) is 0. The number of benzene rings is 2. The predicted molar refractivity (Wildman–Crippen MR) is 113 cm³/mol. The minimum absolute atomic E-state index is 0.0850. The molecule has 0 bridgehead atoms. The van der Waals surface area contributed by atoms with Crippen LogP contribution >= 0.6 is 11.8 Å². The number of imidazole rings is 1. The number of thioether (sulfide) groups is 1. The first-order valence-corrected chi connectivity index (χ1v) is 10.2. The fourth-order valence-corrected chi connectivity index (χ4v) is 3.83. The summed E-state index contributed by atoms with van der Waals surface area (Å²) in [5.74, 6) is -0.673. The van der Waals surface area contributed by atoms with Crippen LogP contribution < -0.4 is 4.90 Å². The molecule has 0 saturated carbocycles. The molecule has 0 spiro atoms. The summed E-state index contributed by atoms with van der Waals surface area (Å²) in [6.45, 7) is 4.24. The second-order valence-electron chi connectivity index (χ2n) is 6.49. The molecule has 0 radical (unpaired) electrons. The number of rotatable bonds is 7. The van der Waals surface area contributed by atoms with E-state index in [1.54, 1.807) is 24.4 Å². The Morgan fingerprint density at radius 1 is 1.24 bits per heavy atom. The predicted octanol–water partition coefficient (Wildman–Crippen LogP) is 4.67. The van der Waals surface area contributed by atoms with Crippen molar-refractivity contribution in [3.8, 4) is 11.8 Å². The van der Waals surface area contributed by atoms with Crippen LogP contribution in [0.15, 0.2) is 60.0 Å². The van der Waals surface area contributed by atoms with Crippen molar-refractivity contribution in [3.05, 3.63) is 71.8 Å². The molecule has 7 heteroatoms. The van der Waals surface area contributed by atoms with Gasteiger partial charge in [-0.2, -0.15) is 5.26 Å². The van der Waals surface area contributed by atoms with Crippen LogP contribution in [0.1, 0.15) is 17.5 Å². The molecule has 5 nitrogen and oxygen atoms in total. The van der Waals surface area contributed by atoms with E-state index < -0.39 is 5.82 Å². The maximum absolute atomic E-state index is 14.2. The number of anilines is 1. The van der Waals surface area contributed by atoms with Gasteiger partial charge in [0.15, 0.2) is 5.16 Å². The van der Waals surface area contributed by atoms with Crippen LogP contribution in [-0.2, 0) is 4.79 Å². The van der Waals surface area contributed by atoms with Crippen LogP contribution in [0.4, 0.5) is 10.1 Å². The lowest BCUT2D eigenvalue weighted by Crippen LogP contribution is -2.34. The van der Waals surface area contributed by atoms with Gasteiger partial charge in [-0.25, -0.2) is 9.37 Å². The number of nitriles is 1. The number of hydrogen-bond donors (Lipinski definition) is 0. The molecule has 1 heterocycles. The van der Waals surface area contributed by atoms with E-state index in [0.717, 1.165) is 11.3 Å². The molecule has 148 valence electrons. The number of amides is 1. The van der Waals surface area contributed by atoms with Gasteiger partial charge in [0.25, 0.3) is 0 Å². The van der Waals surface area contributed by atoms with Gasteiger partial charge >= 0.3 is 0 Å². The lowest BCUT2D eigenvalue weighted by atomic mass is 10.1. The number of carbonyl (C=O) groups is 1. The fourth-order valence-electron chi connectivity index (χ4n) is 2.99. The standard InChI is InChI=1S/C22H21FN4OS/c1-16-7-5-10-19(17(16)2)27-14-12-25-22(27)29-15-21(28)26(13-6-11-24)20-9-4-3-8-18(20)23/h3-5,7-10,12,14H,6,13,15H2,1-2H3. The largest absolute Gasteiger partial charge is 0.308 e. The highest BCUT2D eigenvalue weighted by atomic mass is 32.2. The quantitative estimate of drug-likeness (QED) is 0.533. The molecule has 2 aromatic carbocycles. The van der Waals surface area contributed by atoms with E-state index in [4.69, 9.17) is 5.26 Å². The Kier molecular flexibility index (Phi) is 6.68. The van der Waals surface area contributed by atoms with Gasteiger partial charge < -0.3 is 4.90 Å². The average molecular weight is 409 g/mol. The van der Waals surface area contributed by atoms with Gasteiger partial charge in [0.1, 0.15) is 5.82 Å². The highest BCUT2D eigenvalue weighted by Crippen LogP contribution is 2.26. The van der Waals surface area contributed by atoms with E-state index in [0.29, 0.717) is 5.16 Å². The number of aryl methyl sites for hydroxylation is 1. The monoisotopic (exact) mass is 408 g/mol. The molecular weight excluding hydrogens is 387 g/mol. The van der Waals surface area contributed by atoms with Crippen molar-refractivity contribution in [2.24, 2.45) is 0 Å². The summed E-state index contributed by atoms with van der Waals surface area (Å²) in [6.07, 6.45) is 3.68. The third kappa shape index (κ3) is 4.66. The minimum Gasteiger partial charge on any atom is -0.308 e. The average Bonchev–Trinajstić information content (AvgIpc) is 3.18. The van der Waals surface area contributed by atoms with Gasteiger partial charge in [-0.1, -0.05) is 36.0 Å². The van der Waals surface area contributed by atoms with Crippen molar-refractivity contribution in [1.29, 1.82) is 5.26 Å². The Hall–Kier alpha value is -3.11. The number of nitrogens with zero attached hydrogens (tertiary/aromatic N) is 4. The van der Waals surface area contributed by atoms with E-state index in [9.17, 15) is 9.18 Å². The van der Waals surface area contributed by atoms with Crippen molar-refractivity contribution in [1.82, 2.24) is 9.55 Å². The SMILES string of the molecule is Cc1cccc(-n2ccnc2SCC(=O)N(CCC#N)c2ccccc2F)c1C. The molecule has 0 aliphatic heterocycles. The summed E-state index contributed by atoms with van der Waals surface area (Å²) in [4.78, 5) is 18.6. The topological polar surface area (TPSA) is 61.9 Å². The third-order valence-electron chi connectivity index (χ3n) is 4.66. The molecule has 29 heavy (non-hydrogen) atoms. The number of aromatic nitrogens is 2. The summed E-state index contributed by atoms with van der Waals surface area (Å²) >= 11 is 1.29. The number of carbonyl (C=O) groups excluding carboxylic acids is 1. The summed E-state index contributed by atoms with van der Waals surface area (Å²) in [6, 6.07) is 14.2. The molecule has 0 aliphatic rings. The molecule has 3 rings (SSSR count). The first-order valence-electron chi connectivity index (χ1n) is 9.17. The van der Waals surface area contributed by atoms with Crippen LogP contribution in [0.25, 0.3) is 5.69 Å². The molecular formula is C22H21FN4OS. The Labute approximate surface area is 173 Å². The second-order valence-corrected chi connectivity index (χ2v) is 7.43. The van der Waals surface area contributed by atoms with Crippen LogP contribution in [-0.4, -0.2) is 27.8 Å². The minimum atomic E-state index is -0.485. The lowest BCUT2D eigenvalue weighted by Gasteiger charge is -2.22. The zero-order valence-electron chi connectivity index (χ0n) is 16.3. The molecule has 0 unspecified atom stereocenters. The molecule has 0 saturated heterocycles. The first kappa shape index (κ1) is 20.6. The van der Waals surface area contributed by atoms with E-state index in [1.165, 1.54) is 28.3 Å². The van der Waals surface area contributed by atoms with Crippen molar-refractivity contribution in [2.75, 3.05) is 17.2 Å². The zero-order chi connectivity index (χ0) is 20.8. The smallest absolute Gasteiger partial charge is 0.237 e. The number of para-hydroxylation sites is 1. The highest BCUT2D eigenvalue weighted by molar-refractivity contribution is 7.99. The molecule has 0 fully saturated rings. The van der Waals surface area contributed by atoms with Crippen LogP contribution in [0.5, 0.6) is 0 Å². The van der Waals surface area contributed by atoms with Crippen molar-refractivity contribution in [3.63, 3.8) is 0 Å². The maximum Gasteiger partial charge on any atom is 0.237 e. The van der Waals surface area contributed by atoms with Crippen LogP contribution in [0, 0.1) is 31.0 Å². The highest BCUT2D eigenvalue weighted by Gasteiger charge is 2.20. The Balaban J connectivity index is 1.79. The van der Waals surface area contributed by atoms with E-state index >= 15 is 0 Å². The number of hydrogen-bond acceptors (Lipinski definition) is 4. The van der Waals surface area contributed by atoms with E-state index in [-0.39, 0.29) is 30.3 Å². The third-order valence-corrected chi connectivity index (χ3v) is 5.61. The van der Waals surface area contributed by atoms with Crippen LogP contribution in [0.3, 0.4) is 0 Å². The van der Waals surface area contributed by atoms with Crippen molar-refractivity contribution < 1.29 is 9.18 Å². The van der Waals surface area contributed by atoms with Gasteiger partial charge in [-0.3, -0.25) is 9.36 Å². The normalized spacial score (nSPS) is 10.6. The van der Waals surface area contributed by atoms with Gasteiger partial charge in [-0.05, 0) is 43.2 Å². The Morgan fingerprint density at radius 2 is 2.03 bits per heavy atom.